The van der Waals surface area contributed by atoms with E-state index in [0.29, 0.717) is 11.5 Å². The molecule has 0 aliphatic carbocycles. The van der Waals surface area contributed by atoms with Crippen LogP contribution in [0.5, 0.6) is 11.5 Å². The average Bonchev–Trinajstić information content (AvgIpc) is 2.51. The second-order valence-corrected chi connectivity index (χ2v) is 7.37. The number of amides is 2. The van der Waals surface area contributed by atoms with Gasteiger partial charge in [0.2, 0.25) is 11.8 Å². The number of nitrogens with zero attached hydrogens (tertiary/aromatic N) is 1. The van der Waals surface area contributed by atoms with E-state index in [1.165, 1.54) is 0 Å². The molecule has 1 aromatic rings. The van der Waals surface area contributed by atoms with E-state index in [1.807, 2.05) is 33.8 Å². The Morgan fingerprint density at radius 1 is 1.12 bits per heavy atom. The number of ether oxygens (including phenoxy) is 2. The van der Waals surface area contributed by atoms with Crippen molar-refractivity contribution in [2.45, 2.75) is 39.3 Å². The first-order valence-electron chi connectivity index (χ1n) is 8.56. The molecule has 0 radical (unpaired) electrons. The normalized spacial score (nSPS) is 12.5. The predicted octanol–water partition coefficient (Wildman–Crippen LogP) is 1.73. The lowest BCUT2D eigenvalue weighted by molar-refractivity contribution is -0.125. The maximum Gasteiger partial charge on any atom is 0.234 e. The smallest absolute Gasteiger partial charge is 0.234 e. The molecular formula is C19H31N3O4. The van der Waals surface area contributed by atoms with Crippen LogP contribution < -0.4 is 20.1 Å². The monoisotopic (exact) mass is 365 g/mol. The minimum absolute atomic E-state index is 0.115. The van der Waals surface area contributed by atoms with Crippen LogP contribution in [-0.4, -0.2) is 56.6 Å². The molecule has 2 amide bonds. The average molecular weight is 365 g/mol. The van der Waals surface area contributed by atoms with Crippen molar-refractivity contribution < 1.29 is 19.1 Å². The van der Waals surface area contributed by atoms with Crippen molar-refractivity contribution in [2.75, 3.05) is 34.4 Å². The van der Waals surface area contributed by atoms with E-state index in [4.69, 9.17) is 9.47 Å². The Morgan fingerprint density at radius 3 is 2.27 bits per heavy atom. The Balaban J connectivity index is 2.63. The van der Waals surface area contributed by atoms with Crippen molar-refractivity contribution in [3.8, 4) is 11.5 Å². The minimum Gasteiger partial charge on any atom is -0.497 e. The van der Waals surface area contributed by atoms with Gasteiger partial charge in [-0.05, 0) is 52.9 Å². The summed E-state index contributed by atoms with van der Waals surface area (Å²) in [7, 11) is 4.91. The first kappa shape index (κ1) is 21.8. The third kappa shape index (κ3) is 7.31. The Morgan fingerprint density at radius 2 is 1.73 bits per heavy atom. The van der Waals surface area contributed by atoms with Gasteiger partial charge in [0.25, 0.3) is 0 Å². The Hall–Kier alpha value is -2.28. The molecule has 146 valence electrons. The molecule has 2 N–H and O–H groups in total. The van der Waals surface area contributed by atoms with Crippen LogP contribution in [0.2, 0.25) is 0 Å². The highest BCUT2D eigenvalue weighted by Gasteiger charge is 2.19. The fourth-order valence-corrected chi connectivity index (χ4v) is 2.55. The summed E-state index contributed by atoms with van der Waals surface area (Å²) in [5, 5.41) is 5.80. The summed E-state index contributed by atoms with van der Waals surface area (Å²) in [6, 6.07) is 5.19. The van der Waals surface area contributed by atoms with Crippen LogP contribution in [-0.2, 0) is 9.59 Å². The Labute approximate surface area is 156 Å². The lowest BCUT2D eigenvalue weighted by atomic mass is 10.1. The molecule has 0 saturated carbocycles. The molecule has 0 fully saturated rings. The second-order valence-electron chi connectivity index (χ2n) is 7.37. The van der Waals surface area contributed by atoms with Gasteiger partial charge in [-0.15, -0.1) is 0 Å². The highest BCUT2D eigenvalue weighted by Crippen LogP contribution is 2.29. The zero-order chi connectivity index (χ0) is 19.9. The SMILES string of the molecule is COc1ccc(OC)c([C@H](C)NC(=O)CN(C)CC(=O)NC(C)(C)C)c1. The highest BCUT2D eigenvalue weighted by atomic mass is 16.5. The van der Waals surface area contributed by atoms with Crippen molar-refractivity contribution in [1.82, 2.24) is 15.5 Å². The van der Waals surface area contributed by atoms with E-state index < -0.39 is 0 Å². The Bertz CT molecular complexity index is 626. The molecule has 7 nitrogen and oxygen atoms in total. The van der Waals surface area contributed by atoms with Crippen LogP contribution in [0.4, 0.5) is 0 Å². The molecule has 0 unspecified atom stereocenters. The molecule has 0 saturated heterocycles. The fourth-order valence-electron chi connectivity index (χ4n) is 2.55. The lowest BCUT2D eigenvalue weighted by Gasteiger charge is -2.24. The summed E-state index contributed by atoms with van der Waals surface area (Å²) < 4.78 is 10.6. The van der Waals surface area contributed by atoms with Gasteiger partial charge in [-0.2, -0.15) is 0 Å². The van der Waals surface area contributed by atoms with Crippen LogP contribution in [0.25, 0.3) is 0 Å². The first-order chi connectivity index (χ1) is 12.1. The van der Waals surface area contributed by atoms with Gasteiger partial charge in [0.05, 0.1) is 33.4 Å². The third-order valence-electron chi connectivity index (χ3n) is 3.62. The molecule has 0 spiro atoms. The number of hydrogen-bond donors (Lipinski definition) is 2. The molecule has 0 bridgehead atoms. The quantitative estimate of drug-likeness (QED) is 0.733. The van der Waals surface area contributed by atoms with E-state index in [-0.39, 0.29) is 36.5 Å². The van der Waals surface area contributed by atoms with E-state index in [2.05, 4.69) is 10.6 Å². The van der Waals surface area contributed by atoms with Gasteiger partial charge in [-0.1, -0.05) is 0 Å². The minimum atomic E-state index is -0.294. The van der Waals surface area contributed by atoms with Gasteiger partial charge in [-0.3, -0.25) is 14.5 Å². The van der Waals surface area contributed by atoms with Gasteiger partial charge in [0.15, 0.2) is 0 Å². The summed E-state index contributed by atoms with van der Waals surface area (Å²) in [6.45, 7) is 7.90. The second kappa shape index (κ2) is 9.43. The molecule has 1 aromatic carbocycles. The zero-order valence-corrected chi connectivity index (χ0v) is 16.8. The van der Waals surface area contributed by atoms with Crippen LogP contribution in [0, 0.1) is 0 Å². The van der Waals surface area contributed by atoms with Crippen molar-refractivity contribution in [3.63, 3.8) is 0 Å². The summed E-state index contributed by atoms with van der Waals surface area (Å²) in [5.74, 6) is 1.08. The van der Waals surface area contributed by atoms with Gasteiger partial charge in [-0.25, -0.2) is 0 Å². The predicted molar refractivity (Wildman–Crippen MR) is 101 cm³/mol. The molecule has 26 heavy (non-hydrogen) atoms. The zero-order valence-electron chi connectivity index (χ0n) is 16.8. The summed E-state index contributed by atoms with van der Waals surface area (Å²) in [4.78, 5) is 25.9. The van der Waals surface area contributed by atoms with E-state index in [1.54, 1.807) is 38.3 Å². The summed E-state index contributed by atoms with van der Waals surface area (Å²) >= 11 is 0. The van der Waals surface area contributed by atoms with Crippen LogP contribution in [0.1, 0.15) is 39.3 Å². The van der Waals surface area contributed by atoms with Crippen molar-refractivity contribution in [1.29, 1.82) is 0 Å². The molecule has 0 aromatic heterocycles. The first-order valence-corrected chi connectivity index (χ1v) is 8.56. The van der Waals surface area contributed by atoms with Gasteiger partial charge < -0.3 is 20.1 Å². The molecular weight excluding hydrogens is 334 g/mol. The maximum absolute atomic E-state index is 12.3. The third-order valence-corrected chi connectivity index (χ3v) is 3.62. The fraction of sp³-hybridized carbons (Fsp3) is 0.579. The van der Waals surface area contributed by atoms with Crippen LogP contribution in [0.15, 0.2) is 18.2 Å². The molecule has 1 atom stereocenters. The van der Waals surface area contributed by atoms with E-state index >= 15 is 0 Å². The van der Waals surface area contributed by atoms with Gasteiger partial charge in [0.1, 0.15) is 11.5 Å². The number of nitrogens with one attached hydrogen (secondary N) is 2. The van der Waals surface area contributed by atoms with Crippen molar-refractivity contribution >= 4 is 11.8 Å². The van der Waals surface area contributed by atoms with Gasteiger partial charge in [0, 0.05) is 11.1 Å². The largest absolute Gasteiger partial charge is 0.497 e. The highest BCUT2D eigenvalue weighted by molar-refractivity contribution is 5.81. The number of rotatable bonds is 8. The van der Waals surface area contributed by atoms with Crippen molar-refractivity contribution in [2.24, 2.45) is 0 Å². The maximum atomic E-state index is 12.3. The number of carbonyl (C=O) groups is 2. The molecule has 0 heterocycles. The van der Waals surface area contributed by atoms with Crippen LogP contribution >= 0.6 is 0 Å². The van der Waals surface area contributed by atoms with Gasteiger partial charge >= 0.3 is 0 Å². The summed E-state index contributed by atoms with van der Waals surface area (Å²) in [6.07, 6.45) is 0. The summed E-state index contributed by atoms with van der Waals surface area (Å²) in [5.41, 5.74) is 0.533. The standard InChI is InChI=1S/C19H31N3O4/c1-13(15-10-14(25-6)8-9-16(15)26-7)20-17(23)11-22(5)12-18(24)21-19(2,3)4/h8-10,13H,11-12H2,1-7H3,(H,20,23)(H,21,24)/t13-/m0/s1. The van der Waals surface area contributed by atoms with Crippen molar-refractivity contribution in [3.05, 3.63) is 23.8 Å². The number of methoxy groups -OCH3 is 2. The number of benzene rings is 1. The topological polar surface area (TPSA) is 79.9 Å². The number of likely N-dealkylation sites (N-methyl/N-ethyl adjacent to an activating group) is 1. The number of carbonyl (C=O) groups excluding carboxylic acids is 2. The molecule has 1 rings (SSSR count). The van der Waals surface area contributed by atoms with Crippen LogP contribution in [0.3, 0.4) is 0 Å². The molecule has 7 heteroatoms. The van der Waals surface area contributed by atoms with E-state index in [9.17, 15) is 9.59 Å². The van der Waals surface area contributed by atoms with E-state index in [0.717, 1.165) is 5.56 Å². The number of hydrogen-bond acceptors (Lipinski definition) is 5. The Kier molecular flexibility index (Phi) is 7.89. The molecule has 0 aliphatic heterocycles. The lowest BCUT2D eigenvalue weighted by Crippen LogP contribution is -2.47. The molecule has 0 aliphatic rings.